The molecule has 0 bridgehead atoms. The van der Waals surface area contributed by atoms with Gasteiger partial charge in [-0.25, -0.2) is 0 Å². The predicted molar refractivity (Wildman–Crippen MR) is 114 cm³/mol. The first-order valence-electron chi connectivity index (χ1n) is 8.97. The molecule has 1 aromatic heterocycles. The van der Waals surface area contributed by atoms with Gasteiger partial charge >= 0.3 is 0 Å². The Kier molecular flexibility index (Phi) is 3.43. The van der Waals surface area contributed by atoms with Crippen LogP contribution in [0, 0.1) is 0 Å². The molecule has 0 atom stereocenters. The Bertz CT molecular complexity index is 1240. The summed E-state index contributed by atoms with van der Waals surface area (Å²) >= 11 is 0. The molecule has 0 unspecified atom stereocenters. The van der Waals surface area contributed by atoms with Crippen LogP contribution in [0.25, 0.3) is 38.6 Å². The minimum atomic E-state index is 1.19. The molecule has 4 aromatic carbocycles. The number of rotatable bonds is 2. The summed E-state index contributed by atoms with van der Waals surface area (Å²) in [5.41, 5.74) is 7.48. The molecule has 2 heteroatoms. The van der Waals surface area contributed by atoms with Crippen molar-refractivity contribution < 1.29 is 0 Å². The first kappa shape index (κ1) is 15.0. The Morgan fingerprint density at radius 2 is 1.27 bits per heavy atom. The van der Waals surface area contributed by atoms with Gasteiger partial charge in [0.05, 0.1) is 11.0 Å². The summed E-state index contributed by atoms with van der Waals surface area (Å²) in [6.07, 6.45) is 0. The van der Waals surface area contributed by atoms with Crippen molar-refractivity contribution in [1.82, 2.24) is 4.57 Å². The van der Waals surface area contributed by atoms with Crippen molar-refractivity contribution in [1.29, 1.82) is 0 Å². The van der Waals surface area contributed by atoms with Crippen molar-refractivity contribution in [3.63, 3.8) is 0 Å². The van der Waals surface area contributed by atoms with Crippen LogP contribution in [0.1, 0.15) is 0 Å². The van der Waals surface area contributed by atoms with Crippen LogP contribution in [0.2, 0.25) is 0 Å². The third-order valence-electron chi connectivity index (χ3n) is 5.04. The van der Waals surface area contributed by atoms with E-state index in [-0.39, 0.29) is 0 Å². The van der Waals surface area contributed by atoms with Crippen molar-refractivity contribution in [2.75, 3.05) is 0 Å². The number of fused-ring (bicyclic) bond motifs is 3. The number of hydrogen-bond donors (Lipinski definition) is 0. The lowest BCUT2D eigenvalue weighted by molar-refractivity contribution is 1.18. The zero-order chi connectivity index (χ0) is 17.5. The van der Waals surface area contributed by atoms with Crippen molar-refractivity contribution >= 4 is 35.1 Å². The van der Waals surface area contributed by atoms with Crippen LogP contribution in [0.5, 0.6) is 0 Å². The van der Waals surface area contributed by atoms with Crippen LogP contribution in [-0.2, 0) is 0 Å². The van der Waals surface area contributed by atoms with Gasteiger partial charge in [0, 0.05) is 16.5 Å². The third-order valence-corrected chi connectivity index (χ3v) is 5.04. The number of hydrogen-bond acceptors (Lipinski definition) is 0. The lowest BCUT2D eigenvalue weighted by atomic mass is 9.92. The quantitative estimate of drug-likeness (QED) is 0.413. The molecule has 0 saturated heterocycles. The Hall–Kier alpha value is -3.26. The number of aromatic nitrogens is 1. The summed E-state index contributed by atoms with van der Waals surface area (Å²) in [5.74, 6) is 0. The first-order chi connectivity index (χ1) is 12.8. The predicted octanol–water partition coefficient (Wildman–Crippen LogP) is 4.71. The highest BCUT2D eigenvalue weighted by molar-refractivity contribution is 6.32. The summed E-state index contributed by atoms with van der Waals surface area (Å²) in [7, 11) is 2.14. The minimum Gasteiger partial charge on any atom is -0.309 e. The molecule has 1 heterocycles. The highest BCUT2D eigenvalue weighted by Gasteiger charge is 2.12. The van der Waals surface area contributed by atoms with Gasteiger partial charge in [-0.2, -0.15) is 0 Å². The Morgan fingerprint density at radius 1 is 0.538 bits per heavy atom. The van der Waals surface area contributed by atoms with Crippen LogP contribution < -0.4 is 5.46 Å². The maximum Gasteiger partial charge on any atom is 0.139 e. The Labute approximate surface area is 153 Å². The molecule has 122 valence electrons. The van der Waals surface area contributed by atoms with E-state index in [0.717, 1.165) is 0 Å². The lowest BCUT2D eigenvalue weighted by Crippen LogP contribution is -2.00. The van der Waals surface area contributed by atoms with E-state index in [1.165, 1.54) is 44.1 Å². The maximum absolute atomic E-state index is 2.37. The molecular weight excluding hydrogens is 313 g/mol. The molecule has 0 fully saturated rings. The SMILES string of the molecule is Bc1cccc(-c2ccc3c4ccccc4n(-c4ccccc4)c3c2)c1. The standard InChI is InChI=1S/C24H18BN/c25-19-8-6-7-17(15-19)18-13-14-22-21-11-4-5-12-23(21)26(24(22)16-18)20-9-2-1-3-10-20/h1-16H,25H2. The summed E-state index contributed by atoms with van der Waals surface area (Å²) < 4.78 is 2.37. The molecule has 5 aromatic rings. The number of benzene rings is 4. The van der Waals surface area contributed by atoms with Gasteiger partial charge in [0.1, 0.15) is 7.85 Å². The summed E-state index contributed by atoms with van der Waals surface area (Å²) in [4.78, 5) is 0. The average molecular weight is 331 g/mol. The van der Waals surface area contributed by atoms with Crippen LogP contribution in [-0.4, -0.2) is 12.4 Å². The monoisotopic (exact) mass is 331 g/mol. The van der Waals surface area contributed by atoms with E-state index >= 15 is 0 Å². The van der Waals surface area contributed by atoms with Gasteiger partial charge in [0.25, 0.3) is 0 Å². The molecule has 0 aliphatic rings. The van der Waals surface area contributed by atoms with Gasteiger partial charge in [-0.15, -0.1) is 0 Å². The summed E-state index contributed by atoms with van der Waals surface area (Å²) in [5, 5.41) is 2.59. The Balaban J connectivity index is 1.86. The molecule has 1 nitrogen and oxygen atoms in total. The average Bonchev–Trinajstić information content (AvgIpc) is 3.02. The van der Waals surface area contributed by atoms with E-state index < -0.39 is 0 Å². The van der Waals surface area contributed by atoms with Gasteiger partial charge in [-0.05, 0) is 35.4 Å². The van der Waals surface area contributed by atoms with E-state index in [4.69, 9.17) is 0 Å². The molecule has 0 N–H and O–H groups in total. The van der Waals surface area contributed by atoms with Gasteiger partial charge in [0.15, 0.2) is 0 Å². The second kappa shape index (κ2) is 5.92. The van der Waals surface area contributed by atoms with E-state index in [1.807, 2.05) is 0 Å². The fourth-order valence-electron chi connectivity index (χ4n) is 3.83. The molecule has 0 aliphatic heterocycles. The van der Waals surface area contributed by atoms with Gasteiger partial charge in [0.2, 0.25) is 0 Å². The molecule has 0 amide bonds. The topological polar surface area (TPSA) is 4.93 Å². The van der Waals surface area contributed by atoms with E-state index in [2.05, 4.69) is 109 Å². The van der Waals surface area contributed by atoms with Crippen molar-refractivity contribution in [3.05, 3.63) is 97.1 Å². The van der Waals surface area contributed by atoms with Crippen molar-refractivity contribution in [3.8, 4) is 16.8 Å². The second-order valence-electron chi connectivity index (χ2n) is 6.79. The minimum absolute atomic E-state index is 1.19. The number of para-hydroxylation sites is 2. The molecule has 0 radical (unpaired) electrons. The summed E-state index contributed by atoms with van der Waals surface area (Å²) in [6.45, 7) is 0. The molecule has 5 rings (SSSR count). The maximum atomic E-state index is 2.37. The molecule has 0 aliphatic carbocycles. The molecule has 0 saturated carbocycles. The highest BCUT2D eigenvalue weighted by Crippen LogP contribution is 2.34. The van der Waals surface area contributed by atoms with Crippen LogP contribution in [0.3, 0.4) is 0 Å². The highest BCUT2D eigenvalue weighted by atomic mass is 15.0. The normalized spacial score (nSPS) is 11.2. The van der Waals surface area contributed by atoms with E-state index in [0.29, 0.717) is 0 Å². The van der Waals surface area contributed by atoms with Gasteiger partial charge in [-0.3, -0.25) is 0 Å². The lowest BCUT2D eigenvalue weighted by Gasteiger charge is -2.09. The van der Waals surface area contributed by atoms with E-state index in [9.17, 15) is 0 Å². The summed E-state index contributed by atoms with van der Waals surface area (Å²) in [6, 6.07) is 34.8. The third kappa shape index (κ3) is 2.34. The van der Waals surface area contributed by atoms with Gasteiger partial charge in [-0.1, -0.05) is 78.3 Å². The molecule has 26 heavy (non-hydrogen) atoms. The largest absolute Gasteiger partial charge is 0.309 e. The smallest absolute Gasteiger partial charge is 0.139 e. The number of nitrogens with zero attached hydrogens (tertiary/aromatic N) is 1. The fraction of sp³-hybridized carbons (Fsp3) is 0. The first-order valence-corrected chi connectivity index (χ1v) is 8.97. The molecule has 0 spiro atoms. The van der Waals surface area contributed by atoms with Crippen LogP contribution in [0.4, 0.5) is 0 Å². The van der Waals surface area contributed by atoms with Crippen LogP contribution in [0.15, 0.2) is 97.1 Å². The zero-order valence-electron chi connectivity index (χ0n) is 14.7. The van der Waals surface area contributed by atoms with Crippen LogP contribution >= 0.6 is 0 Å². The zero-order valence-corrected chi connectivity index (χ0v) is 14.7. The van der Waals surface area contributed by atoms with Gasteiger partial charge < -0.3 is 4.57 Å². The molecular formula is C24H18BN. The Morgan fingerprint density at radius 3 is 2.12 bits per heavy atom. The fourth-order valence-corrected chi connectivity index (χ4v) is 3.83. The van der Waals surface area contributed by atoms with Crippen molar-refractivity contribution in [2.45, 2.75) is 0 Å². The van der Waals surface area contributed by atoms with Crippen molar-refractivity contribution in [2.24, 2.45) is 0 Å². The van der Waals surface area contributed by atoms with E-state index in [1.54, 1.807) is 0 Å². The second-order valence-corrected chi connectivity index (χ2v) is 6.79.